The Morgan fingerprint density at radius 1 is 1.32 bits per heavy atom. The van der Waals surface area contributed by atoms with Gasteiger partial charge < -0.3 is 29.4 Å². The first-order valence-electron chi connectivity index (χ1n) is 12.5. The zero-order chi connectivity index (χ0) is 29.2. The summed E-state index contributed by atoms with van der Waals surface area (Å²) in [4.78, 5) is 29.1. The molecule has 6 atom stereocenters. The first kappa shape index (κ1) is 30.0. The number of aliphatic hydroxyl groups excluding tert-OH is 1. The zero-order valence-corrected chi connectivity index (χ0v) is 23.7. The molecule has 0 aliphatic carbocycles. The van der Waals surface area contributed by atoms with Gasteiger partial charge in [0.05, 0.1) is 30.2 Å². The van der Waals surface area contributed by atoms with Crippen molar-refractivity contribution in [3.8, 4) is 5.75 Å². The number of aromatic amines is 1. The molecule has 12 nitrogen and oxygen atoms in total. The number of carbonyl (C=O) groups is 1. The van der Waals surface area contributed by atoms with Gasteiger partial charge in [0.15, 0.2) is 11.9 Å². The summed E-state index contributed by atoms with van der Waals surface area (Å²) in [6.45, 7) is 3.14. The number of para-hydroxylation sites is 1. The normalized spacial score (nSPS) is 25.1. The highest BCUT2D eigenvalue weighted by molar-refractivity contribution is 7.54. The number of halogens is 2. The molecule has 0 saturated carbocycles. The first-order valence-corrected chi connectivity index (χ1v) is 14.6. The van der Waals surface area contributed by atoms with E-state index < -0.39 is 61.6 Å². The Kier molecular flexibility index (Phi) is 8.91. The SMILES string of the molecule is CC(C)OC(=O)[C@H](C)C[P@](=O)(OC[C@H]1O[C@@H](n2ccc3c(=O)[nH]c(N)nc32)C(Cl)(CF)[C@H]1O)Oc1ccccc1. The highest BCUT2D eigenvalue weighted by Gasteiger charge is 2.57. The van der Waals surface area contributed by atoms with Crippen LogP contribution in [0.5, 0.6) is 5.75 Å². The molecule has 0 radical (unpaired) electrons. The van der Waals surface area contributed by atoms with E-state index in [4.69, 9.17) is 35.9 Å². The molecule has 1 saturated heterocycles. The third-order valence-corrected chi connectivity index (χ3v) is 8.83. The molecule has 1 aromatic carbocycles. The van der Waals surface area contributed by atoms with Crippen molar-refractivity contribution in [2.24, 2.45) is 5.92 Å². The van der Waals surface area contributed by atoms with E-state index in [1.165, 1.54) is 23.8 Å². The number of rotatable bonds is 11. The van der Waals surface area contributed by atoms with Crippen molar-refractivity contribution in [3.05, 3.63) is 52.9 Å². The number of anilines is 1. The van der Waals surface area contributed by atoms with Crippen molar-refractivity contribution < 1.29 is 37.4 Å². The highest BCUT2D eigenvalue weighted by Crippen LogP contribution is 2.52. The fraction of sp³-hybridized carbons (Fsp3) is 0.480. The molecular weight excluding hydrogens is 570 g/mol. The zero-order valence-electron chi connectivity index (χ0n) is 22.0. The Bertz CT molecular complexity index is 1450. The van der Waals surface area contributed by atoms with Gasteiger partial charge in [-0.2, -0.15) is 4.98 Å². The summed E-state index contributed by atoms with van der Waals surface area (Å²) in [6, 6.07) is 9.63. The second-order valence-corrected chi connectivity index (χ2v) is 12.6. The Morgan fingerprint density at radius 2 is 2.02 bits per heavy atom. The van der Waals surface area contributed by atoms with Gasteiger partial charge in [-0.1, -0.05) is 25.1 Å². The third kappa shape index (κ3) is 6.18. The number of nitrogens with one attached hydrogen (secondary N) is 1. The number of aliphatic hydroxyl groups is 1. The largest absolute Gasteiger partial charge is 0.463 e. The molecule has 3 aromatic rings. The molecule has 1 fully saturated rings. The van der Waals surface area contributed by atoms with Gasteiger partial charge >= 0.3 is 13.6 Å². The van der Waals surface area contributed by atoms with E-state index in [9.17, 15) is 23.7 Å². The van der Waals surface area contributed by atoms with Crippen LogP contribution in [0.15, 0.2) is 47.4 Å². The number of fused-ring (bicyclic) bond motifs is 1. The summed E-state index contributed by atoms with van der Waals surface area (Å²) in [5, 5.41) is 11.2. The lowest BCUT2D eigenvalue weighted by Crippen LogP contribution is -2.44. The molecule has 4 rings (SSSR count). The summed E-state index contributed by atoms with van der Waals surface area (Å²) >= 11 is 6.56. The van der Waals surface area contributed by atoms with Crippen molar-refractivity contribution >= 4 is 42.1 Å². The van der Waals surface area contributed by atoms with E-state index >= 15 is 0 Å². The van der Waals surface area contributed by atoms with Crippen LogP contribution in [0.3, 0.4) is 0 Å². The van der Waals surface area contributed by atoms with Gasteiger partial charge in [-0.15, -0.1) is 11.6 Å². The van der Waals surface area contributed by atoms with Crippen LogP contribution in [0.25, 0.3) is 11.0 Å². The van der Waals surface area contributed by atoms with Crippen LogP contribution in [0.1, 0.15) is 27.0 Å². The lowest BCUT2D eigenvalue weighted by atomic mass is 10.0. The quantitative estimate of drug-likeness (QED) is 0.168. The van der Waals surface area contributed by atoms with Crippen LogP contribution >= 0.6 is 19.2 Å². The molecular formula is C25H31ClFN4O8P. The Hall–Kier alpha value is -2.96. The average Bonchev–Trinajstić information content (AvgIpc) is 3.42. The maximum atomic E-state index is 14.4. The van der Waals surface area contributed by atoms with Gasteiger partial charge in [-0.05, 0) is 32.0 Å². The van der Waals surface area contributed by atoms with Crippen molar-refractivity contribution in [3.63, 3.8) is 0 Å². The summed E-state index contributed by atoms with van der Waals surface area (Å²) in [5.41, 5.74) is 5.22. The number of esters is 1. The molecule has 15 heteroatoms. The summed E-state index contributed by atoms with van der Waals surface area (Å²) < 4.78 is 52.1. The second-order valence-electron chi connectivity index (χ2n) is 9.82. The molecule has 1 aliphatic rings. The minimum atomic E-state index is -4.07. The van der Waals surface area contributed by atoms with Gasteiger partial charge in [-0.3, -0.25) is 19.1 Å². The van der Waals surface area contributed by atoms with Crippen LogP contribution < -0.4 is 15.8 Å². The maximum Gasteiger partial charge on any atom is 0.380 e. The summed E-state index contributed by atoms with van der Waals surface area (Å²) in [5.74, 6) is -1.41. The number of ether oxygens (including phenoxy) is 2. The number of nitrogens with two attached hydrogens (primary N) is 1. The molecule has 0 spiro atoms. The predicted octanol–water partition coefficient (Wildman–Crippen LogP) is 3.39. The standard InChI is InChI=1S/C25H31ClFN4O8P/c1-14(2)37-22(34)15(3)12-40(35,39-16-7-5-4-6-8-16)36-11-18-19(32)25(26,13-27)23(38-18)31-10-9-17-20(31)29-24(28)30-21(17)33/h4-10,14-15,18-19,23,32H,11-13H2,1-3H3,(H3,28,29,30,33)/t15-,18-,19+,23-,25?,40+/m1/s1. The number of nitrogen functional groups attached to an aromatic ring is 1. The second kappa shape index (κ2) is 11.9. The molecule has 0 bridgehead atoms. The lowest BCUT2D eigenvalue weighted by molar-refractivity contribution is -0.151. The van der Waals surface area contributed by atoms with Crippen LogP contribution in [0.4, 0.5) is 10.3 Å². The molecule has 0 amide bonds. The van der Waals surface area contributed by atoms with E-state index in [2.05, 4.69) is 9.97 Å². The molecule has 3 heterocycles. The molecule has 40 heavy (non-hydrogen) atoms. The number of aromatic nitrogens is 3. The minimum absolute atomic E-state index is 0.0639. The molecule has 4 N–H and O–H groups in total. The number of carbonyl (C=O) groups excluding carboxylic acids is 1. The van der Waals surface area contributed by atoms with Crippen molar-refractivity contribution in [1.29, 1.82) is 0 Å². The molecule has 1 aliphatic heterocycles. The highest BCUT2D eigenvalue weighted by atomic mass is 35.5. The van der Waals surface area contributed by atoms with Gasteiger partial charge in [0.25, 0.3) is 5.56 Å². The number of hydrogen-bond acceptors (Lipinski definition) is 10. The topological polar surface area (TPSA) is 168 Å². The van der Waals surface area contributed by atoms with E-state index in [-0.39, 0.29) is 35.0 Å². The fourth-order valence-corrected chi connectivity index (χ4v) is 6.50. The summed E-state index contributed by atoms with van der Waals surface area (Å²) in [6.07, 6.45) is -3.58. The Balaban J connectivity index is 1.58. The third-order valence-electron chi connectivity index (χ3n) is 6.29. The Morgan fingerprint density at radius 3 is 2.67 bits per heavy atom. The fourth-order valence-electron chi connectivity index (χ4n) is 4.33. The van der Waals surface area contributed by atoms with E-state index in [0.29, 0.717) is 0 Å². The molecule has 1 unspecified atom stereocenters. The van der Waals surface area contributed by atoms with Crippen LogP contribution in [-0.2, 0) is 23.4 Å². The number of benzene rings is 1. The van der Waals surface area contributed by atoms with Crippen molar-refractivity contribution in [1.82, 2.24) is 14.5 Å². The lowest BCUT2D eigenvalue weighted by Gasteiger charge is -2.28. The maximum absolute atomic E-state index is 14.4. The number of hydrogen-bond donors (Lipinski definition) is 3. The average molecular weight is 601 g/mol. The minimum Gasteiger partial charge on any atom is -0.463 e. The smallest absolute Gasteiger partial charge is 0.380 e. The molecule has 218 valence electrons. The first-order chi connectivity index (χ1) is 18.9. The molecule has 2 aromatic heterocycles. The van der Waals surface area contributed by atoms with Crippen LogP contribution in [0, 0.1) is 5.92 Å². The van der Waals surface area contributed by atoms with Gasteiger partial charge in [-0.25, -0.2) is 8.96 Å². The van der Waals surface area contributed by atoms with E-state index in [1.807, 2.05) is 0 Å². The van der Waals surface area contributed by atoms with E-state index in [1.54, 1.807) is 44.2 Å². The number of alkyl halides is 2. The van der Waals surface area contributed by atoms with Crippen LogP contribution in [-0.4, -0.2) is 68.2 Å². The number of nitrogens with zero attached hydrogens (tertiary/aromatic N) is 2. The van der Waals surface area contributed by atoms with Gasteiger partial charge in [0, 0.05) is 6.20 Å². The van der Waals surface area contributed by atoms with Crippen LogP contribution in [0.2, 0.25) is 0 Å². The van der Waals surface area contributed by atoms with Gasteiger partial charge in [0.2, 0.25) is 5.95 Å². The summed E-state index contributed by atoms with van der Waals surface area (Å²) in [7, 11) is -4.07. The number of H-pyrrole nitrogens is 1. The van der Waals surface area contributed by atoms with E-state index in [0.717, 1.165) is 0 Å². The van der Waals surface area contributed by atoms with Gasteiger partial charge in [0.1, 0.15) is 29.5 Å². The van der Waals surface area contributed by atoms with Crippen molar-refractivity contribution in [2.45, 2.75) is 50.2 Å². The Labute approximate surface area is 234 Å². The van der Waals surface area contributed by atoms with Crippen molar-refractivity contribution in [2.75, 3.05) is 25.2 Å². The predicted molar refractivity (Wildman–Crippen MR) is 145 cm³/mol. The monoisotopic (exact) mass is 600 g/mol.